The highest BCUT2D eigenvalue weighted by Gasteiger charge is 2.47. The van der Waals surface area contributed by atoms with Gasteiger partial charge in [0.25, 0.3) is 5.91 Å². The quantitative estimate of drug-likeness (QED) is 0.452. The number of thiophene rings is 1. The summed E-state index contributed by atoms with van der Waals surface area (Å²) in [6.45, 7) is 5.84. The van der Waals surface area contributed by atoms with Crippen LogP contribution in [0.4, 0.5) is 0 Å². The van der Waals surface area contributed by atoms with Gasteiger partial charge < -0.3 is 19.5 Å². The number of esters is 1. The maximum Gasteiger partial charge on any atom is 0.308 e. The summed E-state index contributed by atoms with van der Waals surface area (Å²) >= 11 is 13.9. The minimum Gasteiger partial charge on any atom is -0.465 e. The zero-order valence-electron chi connectivity index (χ0n) is 18.9. The van der Waals surface area contributed by atoms with Gasteiger partial charge in [-0.3, -0.25) is 9.59 Å². The molecule has 6 nitrogen and oxygen atoms in total. The lowest BCUT2D eigenvalue weighted by molar-refractivity contribution is -0.185. The summed E-state index contributed by atoms with van der Waals surface area (Å²) in [4.78, 5) is 28.6. The second kappa shape index (κ2) is 11.7. The molecule has 0 aliphatic carbocycles. The van der Waals surface area contributed by atoms with Crippen LogP contribution in [0.1, 0.15) is 56.2 Å². The number of amides is 1. The van der Waals surface area contributed by atoms with Gasteiger partial charge in [0.15, 0.2) is 0 Å². The molecule has 0 bridgehead atoms. The maximum absolute atomic E-state index is 13.6. The summed E-state index contributed by atoms with van der Waals surface area (Å²) in [5.41, 5.74) is 0.767. The lowest BCUT2D eigenvalue weighted by Crippen LogP contribution is -2.56. The molecule has 9 heteroatoms. The second-order valence-electron chi connectivity index (χ2n) is 8.46. The van der Waals surface area contributed by atoms with Gasteiger partial charge in [0.2, 0.25) is 0 Å². The number of rotatable bonds is 9. The Morgan fingerprint density at radius 1 is 1.27 bits per heavy atom. The average molecular weight is 514 g/mol. The molecule has 3 rings (SSSR count). The van der Waals surface area contributed by atoms with E-state index in [9.17, 15) is 14.7 Å². The third kappa shape index (κ3) is 6.28. The van der Waals surface area contributed by atoms with E-state index in [4.69, 9.17) is 32.7 Å². The van der Waals surface area contributed by atoms with Crippen molar-refractivity contribution in [3.8, 4) is 0 Å². The van der Waals surface area contributed by atoms with E-state index in [0.717, 1.165) is 10.4 Å². The number of nitrogens with zero attached hydrogens (tertiary/aromatic N) is 1. The Morgan fingerprint density at radius 2 is 2.03 bits per heavy atom. The number of halogens is 2. The number of hydrogen-bond donors (Lipinski definition) is 1. The van der Waals surface area contributed by atoms with Crippen LogP contribution in [0, 0.1) is 5.92 Å². The molecule has 2 unspecified atom stereocenters. The fourth-order valence-electron chi connectivity index (χ4n) is 3.90. The van der Waals surface area contributed by atoms with Crippen LogP contribution in [0.25, 0.3) is 0 Å². The van der Waals surface area contributed by atoms with Crippen LogP contribution in [0.2, 0.25) is 9.36 Å². The molecule has 1 aromatic heterocycles. The van der Waals surface area contributed by atoms with Gasteiger partial charge in [-0.15, -0.1) is 11.3 Å². The Hall–Kier alpha value is -1.64. The number of aliphatic hydroxyl groups excluding tert-OH is 1. The Labute approximate surface area is 208 Å². The third-order valence-corrected chi connectivity index (χ3v) is 7.03. The van der Waals surface area contributed by atoms with Gasteiger partial charge >= 0.3 is 5.97 Å². The highest BCUT2D eigenvalue weighted by atomic mass is 35.5. The van der Waals surface area contributed by atoms with Crippen LogP contribution in [-0.4, -0.2) is 47.2 Å². The predicted octanol–water partition coefficient (Wildman–Crippen LogP) is 5.42. The summed E-state index contributed by atoms with van der Waals surface area (Å²) < 4.78 is 12.2. The number of carbonyl (C=O) groups excluding carboxylic acids is 2. The van der Waals surface area contributed by atoms with E-state index in [2.05, 4.69) is 0 Å². The van der Waals surface area contributed by atoms with Gasteiger partial charge in [0.1, 0.15) is 12.2 Å². The van der Waals surface area contributed by atoms with Crippen molar-refractivity contribution in [2.75, 3.05) is 13.2 Å². The molecule has 1 aliphatic heterocycles. The van der Waals surface area contributed by atoms with Crippen LogP contribution < -0.4 is 0 Å². The largest absolute Gasteiger partial charge is 0.465 e. The van der Waals surface area contributed by atoms with Gasteiger partial charge in [-0.25, -0.2) is 0 Å². The van der Waals surface area contributed by atoms with Crippen molar-refractivity contribution < 1.29 is 24.2 Å². The summed E-state index contributed by atoms with van der Waals surface area (Å²) in [7, 11) is 0. The molecule has 2 heterocycles. The number of hydrogen-bond acceptors (Lipinski definition) is 6. The van der Waals surface area contributed by atoms with Crippen molar-refractivity contribution in [1.82, 2.24) is 4.90 Å². The van der Waals surface area contributed by atoms with E-state index < -0.39 is 30.3 Å². The first-order valence-electron chi connectivity index (χ1n) is 11.0. The Bertz CT molecular complexity index is 962. The van der Waals surface area contributed by atoms with Gasteiger partial charge in [-0.2, -0.15) is 0 Å². The first-order chi connectivity index (χ1) is 15.7. The first-order valence-corrected chi connectivity index (χ1v) is 12.6. The molecule has 0 spiro atoms. The molecule has 180 valence electrons. The number of morpholine rings is 1. The summed E-state index contributed by atoms with van der Waals surface area (Å²) in [5.74, 6) is -0.675. The van der Waals surface area contributed by atoms with Crippen LogP contribution in [-0.2, 0) is 19.1 Å². The highest BCUT2D eigenvalue weighted by Crippen LogP contribution is 2.46. The Balaban J connectivity index is 2.04. The van der Waals surface area contributed by atoms with Crippen molar-refractivity contribution in [3.05, 3.63) is 56.2 Å². The predicted molar refractivity (Wildman–Crippen MR) is 130 cm³/mol. The standard InChI is InChI=1S/C24H29Cl2NO5S/c1-4-17(12-28)27-22(19-8-9-20(26)33-19)23(15-6-5-7-16(25)10-15)32-18(24(27)30)11-21(29)31-13-14(2)3/h5-10,14,17-18,22-23,28H,4,11-13H2,1-3H3/t17-,18?,22+,23?/m0/s1. The zero-order valence-corrected chi connectivity index (χ0v) is 21.2. The Kier molecular flexibility index (Phi) is 9.18. The molecular weight excluding hydrogens is 485 g/mol. The molecule has 1 aliphatic rings. The lowest BCUT2D eigenvalue weighted by Gasteiger charge is -2.47. The smallest absolute Gasteiger partial charge is 0.308 e. The fraction of sp³-hybridized carbons (Fsp3) is 0.500. The number of benzene rings is 1. The van der Waals surface area contributed by atoms with Crippen molar-refractivity contribution in [2.45, 2.75) is 57.9 Å². The summed E-state index contributed by atoms with van der Waals surface area (Å²) in [5, 5.41) is 10.6. The van der Waals surface area contributed by atoms with Gasteiger partial charge in [-0.05, 0) is 42.2 Å². The molecule has 4 atom stereocenters. The highest BCUT2D eigenvalue weighted by molar-refractivity contribution is 7.16. The number of ether oxygens (including phenoxy) is 2. The Morgan fingerprint density at radius 3 is 2.61 bits per heavy atom. The third-order valence-electron chi connectivity index (χ3n) is 5.50. The van der Waals surface area contributed by atoms with Crippen LogP contribution in [0.5, 0.6) is 0 Å². The minimum absolute atomic E-state index is 0.180. The maximum atomic E-state index is 13.6. The molecule has 2 aromatic rings. The van der Waals surface area contributed by atoms with Crippen molar-refractivity contribution >= 4 is 46.4 Å². The van der Waals surface area contributed by atoms with Gasteiger partial charge in [0, 0.05) is 9.90 Å². The fourth-order valence-corrected chi connectivity index (χ4v) is 5.29. The van der Waals surface area contributed by atoms with E-state index in [0.29, 0.717) is 15.8 Å². The molecule has 1 aromatic carbocycles. The van der Waals surface area contributed by atoms with Gasteiger partial charge in [0.05, 0.1) is 36.1 Å². The normalized spacial score (nSPS) is 22.0. The minimum atomic E-state index is -1.04. The van der Waals surface area contributed by atoms with Crippen molar-refractivity contribution in [3.63, 3.8) is 0 Å². The monoisotopic (exact) mass is 513 g/mol. The second-order valence-corrected chi connectivity index (χ2v) is 10.6. The summed E-state index contributed by atoms with van der Waals surface area (Å²) in [6, 6.07) is 9.88. The topological polar surface area (TPSA) is 76.1 Å². The molecule has 1 fully saturated rings. The van der Waals surface area contributed by atoms with E-state index in [-0.39, 0.29) is 31.5 Å². The molecular formula is C24H29Cl2NO5S. The lowest BCUT2D eigenvalue weighted by atomic mass is 9.93. The zero-order chi connectivity index (χ0) is 24.1. The molecule has 0 radical (unpaired) electrons. The number of carbonyl (C=O) groups is 2. The number of aliphatic hydroxyl groups is 1. The summed E-state index contributed by atoms with van der Waals surface area (Å²) in [6.07, 6.45) is -1.33. The van der Waals surface area contributed by atoms with E-state index in [1.54, 1.807) is 23.1 Å². The van der Waals surface area contributed by atoms with Crippen LogP contribution in [0.3, 0.4) is 0 Å². The van der Waals surface area contributed by atoms with Crippen molar-refractivity contribution in [1.29, 1.82) is 0 Å². The first kappa shape index (κ1) is 26.0. The molecule has 33 heavy (non-hydrogen) atoms. The van der Waals surface area contributed by atoms with E-state index >= 15 is 0 Å². The SMILES string of the molecule is CC[C@@H](CO)N1C(=O)C(CC(=O)OCC(C)C)OC(c2cccc(Cl)c2)[C@H]1c1ccc(Cl)s1. The molecule has 1 N–H and O–H groups in total. The van der Waals surface area contributed by atoms with Gasteiger partial charge in [-0.1, -0.05) is 56.1 Å². The molecule has 1 saturated heterocycles. The van der Waals surface area contributed by atoms with E-state index in [1.165, 1.54) is 11.3 Å². The van der Waals surface area contributed by atoms with Crippen LogP contribution in [0.15, 0.2) is 36.4 Å². The van der Waals surface area contributed by atoms with E-state index in [1.807, 2.05) is 39.0 Å². The molecule has 1 amide bonds. The average Bonchev–Trinajstić information content (AvgIpc) is 3.21. The van der Waals surface area contributed by atoms with Crippen molar-refractivity contribution in [2.24, 2.45) is 5.92 Å². The molecule has 0 saturated carbocycles. The van der Waals surface area contributed by atoms with Crippen LogP contribution >= 0.6 is 34.5 Å².